The largest absolute Gasteiger partial charge is 0.384 e. The Bertz CT molecular complexity index is 94.7. The van der Waals surface area contributed by atoms with E-state index in [2.05, 4.69) is 5.32 Å². The monoisotopic (exact) mass is 202 g/mol. The number of nitrogens with one attached hydrogen (secondary N) is 1. The quantitative estimate of drug-likeness (QED) is 0.665. The molecule has 0 aromatic heterocycles. The van der Waals surface area contributed by atoms with E-state index in [1.54, 1.807) is 7.11 Å². The van der Waals surface area contributed by atoms with Crippen LogP contribution in [0.25, 0.3) is 0 Å². The molecule has 1 rings (SSSR count). The molecule has 1 aliphatic rings. The number of halogens is 2. The smallest absolute Gasteiger partial charge is 0.0517 e. The van der Waals surface area contributed by atoms with Crippen molar-refractivity contribution >= 4 is 24.8 Å². The zero-order chi connectivity index (χ0) is 6.69. The van der Waals surface area contributed by atoms with Crippen LogP contribution in [0.5, 0.6) is 0 Å². The molecule has 0 saturated carbocycles. The van der Waals surface area contributed by atoms with Gasteiger partial charge in [0, 0.05) is 32.2 Å². The molecule has 1 heterocycles. The van der Waals surface area contributed by atoms with Gasteiger partial charge in [0.2, 0.25) is 0 Å². The Labute approximate surface area is 79.9 Å². The predicted molar refractivity (Wildman–Crippen MR) is 50.7 cm³/mol. The summed E-state index contributed by atoms with van der Waals surface area (Å²) < 4.78 is 4.98. The van der Waals surface area contributed by atoms with Crippen molar-refractivity contribution in [3.8, 4) is 0 Å². The van der Waals surface area contributed by atoms with Crippen LogP contribution in [0, 0.1) is 5.92 Å². The number of methoxy groups -OCH3 is 1. The lowest BCUT2D eigenvalue weighted by atomic mass is 10.1. The van der Waals surface area contributed by atoms with E-state index in [1.807, 2.05) is 0 Å². The Balaban J connectivity index is 0. The summed E-state index contributed by atoms with van der Waals surface area (Å²) >= 11 is 0. The number of rotatable bonds is 2. The highest BCUT2D eigenvalue weighted by Crippen LogP contribution is 2.05. The van der Waals surface area contributed by atoms with Crippen molar-refractivity contribution in [3.63, 3.8) is 0 Å². The van der Waals surface area contributed by atoms with E-state index in [-0.39, 0.29) is 24.8 Å². The Kier molecular flexibility index (Phi) is 9.08. The third kappa shape index (κ3) is 4.13. The van der Waals surface area contributed by atoms with Crippen LogP contribution in [-0.2, 0) is 4.74 Å². The molecule has 0 aromatic rings. The molecule has 1 fully saturated rings. The lowest BCUT2D eigenvalue weighted by Gasteiger charge is -2.11. The molecule has 0 bridgehead atoms. The average Bonchev–Trinajstić information content (AvgIpc) is 2.18. The first-order valence-corrected chi connectivity index (χ1v) is 3.30. The van der Waals surface area contributed by atoms with Gasteiger partial charge in [-0.05, 0) is 0 Å². The molecular weight excluding hydrogens is 187 g/mol. The van der Waals surface area contributed by atoms with E-state index in [1.165, 1.54) is 0 Å². The molecule has 70 valence electrons. The van der Waals surface area contributed by atoms with Crippen molar-refractivity contribution < 1.29 is 4.74 Å². The second-order valence-corrected chi connectivity index (χ2v) is 2.54. The van der Waals surface area contributed by atoms with Crippen LogP contribution in [0.3, 0.4) is 0 Å². The van der Waals surface area contributed by atoms with Gasteiger partial charge in [-0.15, -0.1) is 24.8 Å². The SMILES string of the molecule is COCC1CNCC1N.Cl.Cl. The van der Waals surface area contributed by atoms with E-state index in [4.69, 9.17) is 10.5 Å². The van der Waals surface area contributed by atoms with Crippen LogP contribution >= 0.6 is 24.8 Å². The Morgan fingerprint density at radius 3 is 2.45 bits per heavy atom. The summed E-state index contributed by atoms with van der Waals surface area (Å²) in [5.41, 5.74) is 5.72. The van der Waals surface area contributed by atoms with Crippen molar-refractivity contribution in [3.05, 3.63) is 0 Å². The number of hydrogen-bond donors (Lipinski definition) is 2. The molecule has 1 aliphatic heterocycles. The van der Waals surface area contributed by atoms with Gasteiger partial charge in [-0.3, -0.25) is 0 Å². The predicted octanol–water partition coefficient (Wildman–Crippen LogP) is 0.0231. The number of nitrogens with two attached hydrogens (primary N) is 1. The van der Waals surface area contributed by atoms with Crippen LogP contribution in [0.2, 0.25) is 0 Å². The fourth-order valence-electron chi connectivity index (χ4n) is 1.15. The maximum absolute atomic E-state index is 5.72. The molecule has 11 heavy (non-hydrogen) atoms. The molecule has 3 N–H and O–H groups in total. The topological polar surface area (TPSA) is 47.3 Å². The standard InChI is InChI=1S/C6H14N2O.2ClH/c1-9-4-5-2-8-3-6(5)7;;/h5-6,8H,2-4,7H2,1H3;2*1H. The summed E-state index contributed by atoms with van der Waals surface area (Å²) in [5, 5.41) is 3.20. The molecule has 1 saturated heterocycles. The van der Waals surface area contributed by atoms with Crippen molar-refractivity contribution in [2.24, 2.45) is 11.7 Å². The van der Waals surface area contributed by atoms with Gasteiger partial charge in [0.05, 0.1) is 6.61 Å². The molecule has 0 radical (unpaired) electrons. The fraction of sp³-hybridized carbons (Fsp3) is 1.00. The molecule has 2 unspecified atom stereocenters. The maximum Gasteiger partial charge on any atom is 0.0517 e. The van der Waals surface area contributed by atoms with Gasteiger partial charge in [0.15, 0.2) is 0 Å². The van der Waals surface area contributed by atoms with Crippen LogP contribution < -0.4 is 11.1 Å². The zero-order valence-electron chi connectivity index (χ0n) is 6.58. The normalized spacial score (nSPS) is 28.9. The maximum atomic E-state index is 5.72. The molecule has 5 heteroatoms. The van der Waals surface area contributed by atoms with E-state index in [0.29, 0.717) is 12.0 Å². The molecule has 3 nitrogen and oxygen atoms in total. The molecule has 0 amide bonds. The number of hydrogen-bond acceptors (Lipinski definition) is 3. The van der Waals surface area contributed by atoms with Crippen molar-refractivity contribution in [2.75, 3.05) is 26.8 Å². The van der Waals surface area contributed by atoms with Gasteiger partial charge in [-0.25, -0.2) is 0 Å². The highest BCUT2D eigenvalue weighted by atomic mass is 35.5. The van der Waals surface area contributed by atoms with E-state index in [0.717, 1.165) is 19.7 Å². The second kappa shape index (κ2) is 7.13. The second-order valence-electron chi connectivity index (χ2n) is 2.54. The average molecular weight is 203 g/mol. The minimum absolute atomic E-state index is 0. The summed E-state index contributed by atoms with van der Waals surface area (Å²) in [6.45, 7) is 2.73. The van der Waals surface area contributed by atoms with Crippen LogP contribution in [0.15, 0.2) is 0 Å². The minimum atomic E-state index is 0. The highest BCUT2D eigenvalue weighted by molar-refractivity contribution is 5.85. The first kappa shape index (κ1) is 14.0. The van der Waals surface area contributed by atoms with Gasteiger partial charge in [-0.1, -0.05) is 0 Å². The zero-order valence-corrected chi connectivity index (χ0v) is 8.21. The van der Waals surface area contributed by atoms with E-state index >= 15 is 0 Å². The molecule has 0 aliphatic carbocycles. The van der Waals surface area contributed by atoms with Crippen molar-refractivity contribution in [1.29, 1.82) is 0 Å². The minimum Gasteiger partial charge on any atom is -0.384 e. The summed E-state index contributed by atoms with van der Waals surface area (Å²) in [6, 6.07) is 0.296. The molecule has 2 atom stereocenters. The van der Waals surface area contributed by atoms with Gasteiger partial charge >= 0.3 is 0 Å². The van der Waals surface area contributed by atoms with Crippen LogP contribution in [0.1, 0.15) is 0 Å². The molecule has 0 spiro atoms. The highest BCUT2D eigenvalue weighted by Gasteiger charge is 2.22. The van der Waals surface area contributed by atoms with Gasteiger partial charge in [-0.2, -0.15) is 0 Å². The lowest BCUT2D eigenvalue weighted by Crippen LogP contribution is -2.31. The molecule has 0 aromatic carbocycles. The third-order valence-electron chi connectivity index (χ3n) is 1.77. The lowest BCUT2D eigenvalue weighted by molar-refractivity contribution is 0.153. The first-order chi connectivity index (χ1) is 4.34. The van der Waals surface area contributed by atoms with Crippen molar-refractivity contribution in [1.82, 2.24) is 5.32 Å². The summed E-state index contributed by atoms with van der Waals surface area (Å²) in [4.78, 5) is 0. The van der Waals surface area contributed by atoms with Gasteiger partial charge in [0.1, 0.15) is 0 Å². The Morgan fingerprint density at radius 2 is 2.09 bits per heavy atom. The number of ether oxygens (including phenoxy) is 1. The summed E-state index contributed by atoms with van der Waals surface area (Å²) in [6.07, 6.45) is 0. The van der Waals surface area contributed by atoms with Crippen LogP contribution in [-0.4, -0.2) is 32.8 Å². The summed E-state index contributed by atoms with van der Waals surface area (Å²) in [5.74, 6) is 0.523. The van der Waals surface area contributed by atoms with Crippen LogP contribution in [0.4, 0.5) is 0 Å². The van der Waals surface area contributed by atoms with E-state index in [9.17, 15) is 0 Å². The Hall–Kier alpha value is 0.460. The van der Waals surface area contributed by atoms with E-state index < -0.39 is 0 Å². The first-order valence-electron chi connectivity index (χ1n) is 3.30. The molecular formula is C6H16Cl2N2O. The fourth-order valence-corrected chi connectivity index (χ4v) is 1.15. The summed E-state index contributed by atoms with van der Waals surface area (Å²) in [7, 11) is 1.71. The van der Waals surface area contributed by atoms with Gasteiger partial charge in [0.25, 0.3) is 0 Å². The third-order valence-corrected chi connectivity index (χ3v) is 1.77. The van der Waals surface area contributed by atoms with Gasteiger partial charge < -0.3 is 15.8 Å². The Morgan fingerprint density at radius 1 is 1.45 bits per heavy atom. The van der Waals surface area contributed by atoms with Crippen molar-refractivity contribution in [2.45, 2.75) is 6.04 Å².